The fraction of sp³-hybridized carbons (Fsp3) is 0.308. The van der Waals surface area contributed by atoms with Crippen LogP contribution in [0.3, 0.4) is 0 Å². The van der Waals surface area contributed by atoms with Gasteiger partial charge < -0.3 is 9.47 Å². The lowest BCUT2D eigenvalue weighted by Gasteiger charge is -2.19. The van der Waals surface area contributed by atoms with Crippen molar-refractivity contribution in [3.05, 3.63) is 29.3 Å². The highest BCUT2D eigenvalue weighted by Crippen LogP contribution is 2.35. The van der Waals surface area contributed by atoms with Gasteiger partial charge in [0.25, 0.3) is 5.91 Å². The first-order chi connectivity index (χ1) is 9.40. The van der Waals surface area contributed by atoms with Gasteiger partial charge in [-0.2, -0.15) is 0 Å². The second kappa shape index (κ2) is 5.54. The van der Waals surface area contributed by atoms with Crippen LogP contribution in [0.4, 0.5) is 0 Å². The van der Waals surface area contributed by atoms with Gasteiger partial charge in [0.1, 0.15) is 6.61 Å². The molecule has 0 atom stereocenters. The largest absolute Gasteiger partial charge is 0.490 e. The van der Waals surface area contributed by atoms with Crippen LogP contribution in [0.2, 0.25) is 0 Å². The van der Waals surface area contributed by atoms with E-state index in [0.717, 1.165) is 6.26 Å². The van der Waals surface area contributed by atoms with E-state index >= 15 is 0 Å². The molecule has 1 aliphatic heterocycles. The van der Waals surface area contributed by atoms with Gasteiger partial charge in [0.05, 0.1) is 18.4 Å². The molecule has 0 radical (unpaired) electrons. The Morgan fingerprint density at radius 2 is 2.20 bits per heavy atom. The predicted octanol–water partition coefficient (Wildman–Crippen LogP) is 0.937. The Bertz CT molecular complexity index is 663. The molecule has 0 aliphatic carbocycles. The fourth-order valence-electron chi connectivity index (χ4n) is 1.81. The Hall–Kier alpha value is -2.02. The summed E-state index contributed by atoms with van der Waals surface area (Å²) >= 11 is 0. The summed E-state index contributed by atoms with van der Waals surface area (Å²) < 4.78 is 34.9. The molecule has 1 aromatic carbocycles. The zero-order chi connectivity index (χ0) is 14.8. The van der Waals surface area contributed by atoms with Gasteiger partial charge in [0.15, 0.2) is 11.5 Å². The zero-order valence-corrected chi connectivity index (χ0v) is 12.0. The molecule has 0 fully saturated rings. The summed E-state index contributed by atoms with van der Waals surface area (Å²) in [4.78, 5) is 11.8. The number of carbonyl (C=O) groups is 1. The van der Waals surface area contributed by atoms with E-state index in [1.54, 1.807) is 24.3 Å². The predicted molar refractivity (Wildman–Crippen MR) is 74.1 cm³/mol. The Balaban J connectivity index is 2.29. The van der Waals surface area contributed by atoms with Gasteiger partial charge in [-0.05, 0) is 19.1 Å². The lowest BCUT2D eigenvalue weighted by atomic mass is 10.1. The van der Waals surface area contributed by atoms with Gasteiger partial charge in [0.2, 0.25) is 10.0 Å². The van der Waals surface area contributed by atoms with E-state index in [2.05, 4.69) is 0 Å². The summed E-state index contributed by atoms with van der Waals surface area (Å²) in [5.74, 6) is 0.481. The molecule has 0 unspecified atom stereocenters. The van der Waals surface area contributed by atoms with Crippen molar-refractivity contribution in [2.45, 2.75) is 6.92 Å². The second-order valence-corrected chi connectivity index (χ2v) is 6.02. The van der Waals surface area contributed by atoms with E-state index in [1.807, 2.05) is 11.6 Å². The lowest BCUT2D eigenvalue weighted by Crippen LogP contribution is -2.33. The minimum absolute atomic E-state index is 0.00155. The zero-order valence-electron chi connectivity index (χ0n) is 11.2. The van der Waals surface area contributed by atoms with Gasteiger partial charge >= 0.3 is 0 Å². The van der Waals surface area contributed by atoms with Crippen LogP contribution in [0.25, 0.3) is 6.08 Å². The SMILES string of the molecule is CCOc1cccc2c1OCC(C(=O)NS(C)(=O)=O)=C2. The van der Waals surface area contributed by atoms with Gasteiger partial charge in [-0.15, -0.1) is 0 Å². The number of hydrogen-bond acceptors (Lipinski definition) is 5. The van der Waals surface area contributed by atoms with Crippen molar-refractivity contribution in [2.75, 3.05) is 19.5 Å². The maximum atomic E-state index is 11.8. The molecular formula is C13H15NO5S. The average Bonchev–Trinajstić information content (AvgIpc) is 2.37. The smallest absolute Gasteiger partial charge is 0.264 e. The number of amides is 1. The van der Waals surface area contributed by atoms with Crippen LogP contribution in [0.5, 0.6) is 11.5 Å². The molecule has 2 rings (SSSR count). The third-order valence-electron chi connectivity index (χ3n) is 2.58. The number of hydrogen-bond donors (Lipinski definition) is 1. The molecule has 0 spiro atoms. The minimum atomic E-state index is -3.59. The summed E-state index contributed by atoms with van der Waals surface area (Å²) in [5, 5.41) is 0. The van der Waals surface area contributed by atoms with Crippen LogP contribution >= 0.6 is 0 Å². The van der Waals surface area contributed by atoms with E-state index in [9.17, 15) is 13.2 Å². The Morgan fingerprint density at radius 3 is 2.85 bits per heavy atom. The molecule has 0 saturated heterocycles. The minimum Gasteiger partial charge on any atom is -0.490 e. The topological polar surface area (TPSA) is 81.7 Å². The van der Waals surface area contributed by atoms with Gasteiger partial charge in [0, 0.05) is 5.56 Å². The molecule has 1 N–H and O–H groups in total. The first-order valence-electron chi connectivity index (χ1n) is 6.02. The van der Waals surface area contributed by atoms with Gasteiger partial charge in [-0.1, -0.05) is 12.1 Å². The third-order valence-corrected chi connectivity index (χ3v) is 3.14. The van der Waals surface area contributed by atoms with Crippen LogP contribution in [-0.4, -0.2) is 33.8 Å². The van der Waals surface area contributed by atoms with Crippen molar-refractivity contribution < 1.29 is 22.7 Å². The van der Waals surface area contributed by atoms with Crippen molar-refractivity contribution in [3.63, 3.8) is 0 Å². The molecule has 1 heterocycles. The number of sulfonamides is 1. The molecule has 1 aliphatic rings. The van der Waals surface area contributed by atoms with Crippen LogP contribution in [-0.2, 0) is 14.8 Å². The molecular weight excluding hydrogens is 282 g/mol. The molecule has 1 amide bonds. The molecule has 0 aromatic heterocycles. The number of fused-ring (bicyclic) bond motifs is 1. The highest BCUT2D eigenvalue weighted by Gasteiger charge is 2.21. The molecule has 6 nitrogen and oxygen atoms in total. The Morgan fingerprint density at radius 1 is 1.45 bits per heavy atom. The van der Waals surface area contributed by atoms with Crippen LogP contribution in [0, 0.1) is 0 Å². The standard InChI is InChI=1S/C13H15NO5S/c1-3-18-11-6-4-5-9-7-10(8-19-12(9)11)13(15)14-20(2,16)17/h4-7H,3,8H2,1-2H3,(H,14,15). The summed E-state index contributed by atoms with van der Waals surface area (Å²) in [7, 11) is -3.59. The first-order valence-corrected chi connectivity index (χ1v) is 7.91. The molecule has 0 bridgehead atoms. The number of para-hydroxylation sites is 1. The van der Waals surface area contributed by atoms with Crippen LogP contribution in [0.1, 0.15) is 12.5 Å². The second-order valence-electron chi connectivity index (χ2n) is 4.27. The number of rotatable bonds is 4. The monoisotopic (exact) mass is 297 g/mol. The van der Waals surface area contributed by atoms with E-state index in [1.165, 1.54) is 0 Å². The lowest BCUT2D eigenvalue weighted by molar-refractivity contribution is -0.116. The maximum Gasteiger partial charge on any atom is 0.264 e. The summed E-state index contributed by atoms with van der Waals surface area (Å²) in [5.41, 5.74) is 0.928. The van der Waals surface area contributed by atoms with Crippen molar-refractivity contribution in [3.8, 4) is 11.5 Å². The van der Waals surface area contributed by atoms with E-state index in [-0.39, 0.29) is 12.2 Å². The Labute approximate surface area is 117 Å². The van der Waals surface area contributed by atoms with Crippen molar-refractivity contribution >= 4 is 22.0 Å². The summed E-state index contributed by atoms with van der Waals surface area (Å²) in [6.07, 6.45) is 2.53. The molecule has 0 saturated carbocycles. The van der Waals surface area contributed by atoms with Crippen LogP contribution < -0.4 is 14.2 Å². The maximum absolute atomic E-state index is 11.8. The molecule has 1 aromatic rings. The number of benzene rings is 1. The third kappa shape index (κ3) is 3.30. The van der Waals surface area contributed by atoms with Crippen LogP contribution in [0.15, 0.2) is 23.8 Å². The fourth-order valence-corrected chi connectivity index (χ4v) is 2.28. The normalized spacial score (nSPS) is 13.8. The summed E-state index contributed by atoms with van der Waals surface area (Å²) in [6, 6.07) is 5.32. The van der Waals surface area contributed by atoms with E-state index in [0.29, 0.717) is 23.7 Å². The van der Waals surface area contributed by atoms with E-state index in [4.69, 9.17) is 9.47 Å². The number of nitrogens with one attached hydrogen (secondary N) is 1. The summed E-state index contributed by atoms with van der Waals surface area (Å²) in [6.45, 7) is 2.37. The average molecular weight is 297 g/mol. The quantitative estimate of drug-likeness (QED) is 0.894. The number of ether oxygens (including phenoxy) is 2. The molecule has 7 heteroatoms. The Kier molecular flexibility index (Phi) is 3.99. The first kappa shape index (κ1) is 14.4. The van der Waals surface area contributed by atoms with Crippen molar-refractivity contribution in [1.82, 2.24) is 4.72 Å². The highest BCUT2D eigenvalue weighted by molar-refractivity contribution is 7.89. The number of carbonyl (C=O) groups excluding carboxylic acids is 1. The molecule has 108 valence electrons. The van der Waals surface area contributed by atoms with Gasteiger partial charge in [-0.3, -0.25) is 4.79 Å². The van der Waals surface area contributed by atoms with Gasteiger partial charge in [-0.25, -0.2) is 13.1 Å². The highest BCUT2D eigenvalue weighted by atomic mass is 32.2. The van der Waals surface area contributed by atoms with E-state index < -0.39 is 15.9 Å². The van der Waals surface area contributed by atoms with Crippen molar-refractivity contribution in [2.24, 2.45) is 0 Å². The molecule has 20 heavy (non-hydrogen) atoms. The van der Waals surface area contributed by atoms with Crippen molar-refractivity contribution in [1.29, 1.82) is 0 Å².